The molecule has 2 N–H and O–H groups in total. The van der Waals surface area contributed by atoms with Gasteiger partial charge in [0.1, 0.15) is 5.52 Å². The molecule has 0 aliphatic carbocycles. The maximum atomic E-state index is 4.29. The van der Waals surface area contributed by atoms with Gasteiger partial charge in [0.25, 0.3) is 0 Å². The first-order valence-electron chi connectivity index (χ1n) is 3.80. The molecule has 0 spiro atoms. The number of aromatic nitrogens is 3. The van der Waals surface area contributed by atoms with Crippen molar-refractivity contribution in [2.24, 2.45) is 0 Å². The van der Waals surface area contributed by atoms with Gasteiger partial charge in [-0.25, -0.2) is 0 Å². The molecule has 0 aliphatic rings. The molecule has 11 heavy (non-hydrogen) atoms. The first kappa shape index (κ1) is 6.46. The summed E-state index contributed by atoms with van der Waals surface area (Å²) in [6.07, 6.45) is 1.84. The van der Waals surface area contributed by atoms with Gasteiger partial charge in [0.05, 0.1) is 11.2 Å². The van der Waals surface area contributed by atoms with Crippen LogP contribution in [-0.2, 0) is 0 Å². The predicted octanol–water partition coefficient (Wildman–Crippen LogP) is 2.01. The fourth-order valence-corrected chi connectivity index (χ4v) is 1.22. The Hall–Kier alpha value is -1.25. The van der Waals surface area contributed by atoms with Gasteiger partial charge < -0.3 is 0 Å². The minimum atomic E-state index is 0.486. The molecule has 0 aromatic carbocycles. The van der Waals surface area contributed by atoms with E-state index in [4.69, 9.17) is 0 Å². The lowest BCUT2D eigenvalue weighted by atomic mass is 10.1. The third-order valence-electron chi connectivity index (χ3n) is 1.85. The van der Waals surface area contributed by atoms with Gasteiger partial charge in [-0.05, 0) is 12.0 Å². The van der Waals surface area contributed by atoms with Gasteiger partial charge in [-0.1, -0.05) is 13.8 Å². The molecule has 0 radical (unpaired) electrons. The van der Waals surface area contributed by atoms with Crippen molar-refractivity contribution < 1.29 is 0 Å². The first-order valence-corrected chi connectivity index (χ1v) is 3.80. The van der Waals surface area contributed by atoms with Gasteiger partial charge in [-0.3, -0.25) is 15.2 Å². The van der Waals surface area contributed by atoms with Crippen LogP contribution < -0.4 is 0 Å². The smallest absolute Gasteiger partial charge is 0.101 e. The molecule has 2 heterocycles. The third kappa shape index (κ3) is 0.843. The highest BCUT2D eigenvalue weighted by molar-refractivity contribution is 5.78. The van der Waals surface area contributed by atoms with Crippen LogP contribution in [0.4, 0.5) is 0 Å². The molecule has 0 saturated carbocycles. The SMILES string of the molecule is CC(C)c1nccc2[nH][nH]c12. The third-order valence-corrected chi connectivity index (χ3v) is 1.85. The van der Waals surface area contributed by atoms with Crippen molar-refractivity contribution in [2.75, 3.05) is 0 Å². The van der Waals surface area contributed by atoms with Crippen LogP contribution in [0.1, 0.15) is 25.5 Å². The minimum absolute atomic E-state index is 0.486. The molecule has 0 amide bonds. The second-order valence-electron chi connectivity index (χ2n) is 3.02. The molecule has 2 rings (SSSR count). The second kappa shape index (κ2) is 2.12. The molecule has 0 saturated heterocycles. The average Bonchev–Trinajstić information content (AvgIpc) is 1.90. The Balaban J connectivity index is 2.62. The maximum absolute atomic E-state index is 4.29. The van der Waals surface area contributed by atoms with Gasteiger partial charge in [0.2, 0.25) is 0 Å². The van der Waals surface area contributed by atoms with Crippen molar-refractivity contribution in [2.45, 2.75) is 19.8 Å². The second-order valence-corrected chi connectivity index (χ2v) is 3.02. The van der Waals surface area contributed by atoms with Crippen molar-refractivity contribution in [1.29, 1.82) is 0 Å². The molecule has 58 valence electrons. The van der Waals surface area contributed by atoms with Crippen LogP contribution in [0.25, 0.3) is 11.0 Å². The normalized spacial score (nSPS) is 11.5. The highest BCUT2D eigenvalue weighted by Crippen LogP contribution is 2.20. The zero-order chi connectivity index (χ0) is 7.84. The maximum Gasteiger partial charge on any atom is 0.101 e. The first-order chi connectivity index (χ1) is 5.29. The monoisotopic (exact) mass is 149 g/mol. The van der Waals surface area contributed by atoms with E-state index in [2.05, 4.69) is 29.0 Å². The zero-order valence-electron chi connectivity index (χ0n) is 6.68. The number of fused-ring (bicyclic) bond motifs is 1. The number of nitrogens with one attached hydrogen (secondary N) is 2. The van der Waals surface area contributed by atoms with E-state index in [0.717, 1.165) is 16.7 Å². The lowest BCUT2D eigenvalue weighted by Gasteiger charge is -2.10. The summed E-state index contributed by atoms with van der Waals surface area (Å²) in [4.78, 5) is 4.29. The molecule has 0 unspecified atom stereocenters. The van der Waals surface area contributed by atoms with Gasteiger partial charge in [-0.2, -0.15) is 0 Å². The Morgan fingerprint density at radius 1 is 1.36 bits per heavy atom. The number of rotatable bonds is 1. The van der Waals surface area contributed by atoms with Crippen molar-refractivity contribution in [3.63, 3.8) is 0 Å². The van der Waals surface area contributed by atoms with E-state index < -0.39 is 0 Å². The number of aromatic amines is 2. The lowest BCUT2D eigenvalue weighted by Crippen LogP contribution is -2.00. The van der Waals surface area contributed by atoms with E-state index in [-0.39, 0.29) is 0 Å². The Morgan fingerprint density at radius 3 is 2.64 bits per heavy atom. The fourth-order valence-electron chi connectivity index (χ4n) is 1.22. The van der Waals surface area contributed by atoms with Crippen LogP contribution in [0.3, 0.4) is 0 Å². The van der Waals surface area contributed by atoms with Crippen molar-refractivity contribution >= 4 is 11.0 Å². The Kier molecular flexibility index (Phi) is 1.24. The summed E-state index contributed by atoms with van der Waals surface area (Å²) in [5, 5.41) is 6.02. The van der Waals surface area contributed by atoms with Crippen LogP contribution >= 0.6 is 0 Å². The zero-order valence-corrected chi connectivity index (χ0v) is 6.68. The van der Waals surface area contributed by atoms with Crippen LogP contribution in [0, 0.1) is 0 Å². The van der Waals surface area contributed by atoms with Crippen LogP contribution in [0.5, 0.6) is 0 Å². The van der Waals surface area contributed by atoms with E-state index >= 15 is 0 Å². The predicted molar refractivity (Wildman–Crippen MR) is 44.5 cm³/mol. The summed E-state index contributed by atoms with van der Waals surface area (Å²) in [6.45, 7) is 4.28. The van der Waals surface area contributed by atoms with E-state index in [0.29, 0.717) is 5.92 Å². The van der Waals surface area contributed by atoms with E-state index in [1.54, 1.807) is 0 Å². The Bertz CT molecular complexity index is 356. The van der Waals surface area contributed by atoms with E-state index in [1.807, 2.05) is 12.3 Å². The molecular weight excluding hydrogens is 138 g/mol. The van der Waals surface area contributed by atoms with Gasteiger partial charge in [0, 0.05) is 6.20 Å². The molecule has 0 aliphatic heterocycles. The summed E-state index contributed by atoms with van der Waals surface area (Å²) in [6, 6.07) is 1.97. The Labute approximate surface area is 64.8 Å². The van der Waals surface area contributed by atoms with Gasteiger partial charge in [0.15, 0.2) is 0 Å². The van der Waals surface area contributed by atoms with Crippen molar-refractivity contribution in [1.82, 2.24) is 15.2 Å². The fraction of sp³-hybridized carbons (Fsp3) is 0.375. The van der Waals surface area contributed by atoms with Gasteiger partial charge in [-0.15, -0.1) is 0 Å². The Morgan fingerprint density at radius 2 is 2.18 bits per heavy atom. The highest BCUT2D eigenvalue weighted by Gasteiger charge is 2.07. The van der Waals surface area contributed by atoms with Crippen LogP contribution in [-0.4, -0.2) is 15.2 Å². The molecule has 2 aromatic rings. The van der Waals surface area contributed by atoms with Gasteiger partial charge >= 0.3 is 0 Å². The largest absolute Gasteiger partial charge is 0.298 e. The average molecular weight is 149 g/mol. The number of nitrogens with zero attached hydrogens (tertiary/aromatic N) is 1. The summed E-state index contributed by atoms with van der Waals surface area (Å²) in [7, 11) is 0. The molecule has 2 aromatic heterocycles. The quantitative estimate of drug-likeness (QED) is 0.640. The number of hydrogen-bond acceptors (Lipinski definition) is 1. The molecule has 0 fully saturated rings. The summed E-state index contributed by atoms with van der Waals surface area (Å²) in [5.41, 5.74) is 3.45. The van der Waals surface area contributed by atoms with E-state index in [1.165, 1.54) is 0 Å². The van der Waals surface area contributed by atoms with Crippen LogP contribution in [0.15, 0.2) is 12.3 Å². The van der Waals surface area contributed by atoms with Crippen LogP contribution in [0.2, 0.25) is 0 Å². The summed E-state index contributed by atoms with van der Waals surface area (Å²) in [5.74, 6) is 0.486. The molecule has 0 bridgehead atoms. The molecule has 3 nitrogen and oxygen atoms in total. The number of hydrogen-bond donors (Lipinski definition) is 2. The minimum Gasteiger partial charge on any atom is -0.298 e. The topological polar surface area (TPSA) is 44.5 Å². The van der Waals surface area contributed by atoms with E-state index in [9.17, 15) is 0 Å². The summed E-state index contributed by atoms with van der Waals surface area (Å²) >= 11 is 0. The summed E-state index contributed by atoms with van der Waals surface area (Å²) < 4.78 is 0. The lowest BCUT2D eigenvalue weighted by molar-refractivity contribution is 0.820. The van der Waals surface area contributed by atoms with Crippen molar-refractivity contribution in [3.8, 4) is 0 Å². The molecular formula is C8H11N3. The highest BCUT2D eigenvalue weighted by atomic mass is 15.2. The van der Waals surface area contributed by atoms with Crippen molar-refractivity contribution in [3.05, 3.63) is 18.0 Å². The number of pyridine rings is 1. The standard InChI is InChI=1S/C8H11N3/c1-5(2)7-8-6(10-11-8)3-4-9-7/h3-5,10-11H,1-2H3. The molecule has 0 atom stereocenters. The molecule has 3 heteroatoms. The number of H-pyrrole nitrogens is 2.